The highest BCUT2D eigenvalue weighted by Gasteiger charge is 2.02. The SMILES string of the molecule is S=C(Nc1ccccc1)Nc1ccc(NC(=S)Nc2ccc(Cl)cc2)cc1. The molecule has 3 aromatic carbocycles. The van der Waals surface area contributed by atoms with Crippen LogP contribution in [0.15, 0.2) is 78.9 Å². The minimum Gasteiger partial charge on any atom is -0.332 e. The van der Waals surface area contributed by atoms with Crippen molar-refractivity contribution in [2.75, 3.05) is 21.3 Å². The number of thiocarbonyl (C=S) groups is 2. The highest BCUT2D eigenvalue weighted by molar-refractivity contribution is 7.81. The van der Waals surface area contributed by atoms with Crippen LogP contribution in [0.2, 0.25) is 5.02 Å². The standard InChI is InChI=1S/C20H17ClN4S2/c21-14-6-8-16(9-7-14)23-20(27)25-18-12-10-17(11-13-18)24-19(26)22-15-4-2-1-3-5-15/h1-13H,(H2,22,24,26)(H2,23,25,27). The molecule has 0 spiro atoms. The van der Waals surface area contributed by atoms with Crippen molar-refractivity contribution in [3.63, 3.8) is 0 Å². The van der Waals surface area contributed by atoms with Gasteiger partial charge >= 0.3 is 0 Å². The van der Waals surface area contributed by atoms with Gasteiger partial charge in [0, 0.05) is 27.8 Å². The Hall–Kier alpha value is -2.67. The second kappa shape index (κ2) is 9.32. The molecule has 0 atom stereocenters. The van der Waals surface area contributed by atoms with Gasteiger partial charge in [0.25, 0.3) is 0 Å². The summed E-state index contributed by atoms with van der Waals surface area (Å²) < 4.78 is 0. The first-order valence-corrected chi connectivity index (χ1v) is 9.35. The molecule has 7 heteroatoms. The zero-order valence-electron chi connectivity index (χ0n) is 14.2. The van der Waals surface area contributed by atoms with E-state index in [0.717, 1.165) is 22.7 Å². The van der Waals surface area contributed by atoms with Crippen molar-refractivity contribution in [3.05, 3.63) is 83.9 Å². The van der Waals surface area contributed by atoms with Gasteiger partial charge in [0.15, 0.2) is 10.2 Å². The Labute approximate surface area is 173 Å². The zero-order chi connectivity index (χ0) is 19.1. The second-order valence-corrected chi connectivity index (χ2v) is 6.86. The van der Waals surface area contributed by atoms with Crippen molar-refractivity contribution in [1.82, 2.24) is 0 Å². The maximum absolute atomic E-state index is 5.88. The van der Waals surface area contributed by atoms with Gasteiger partial charge in [-0.2, -0.15) is 0 Å². The van der Waals surface area contributed by atoms with E-state index in [1.54, 1.807) is 12.1 Å². The highest BCUT2D eigenvalue weighted by Crippen LogP contribution is 2.16. The van der Waals surface area contributed by atoms with Crippen LogP contribution in [0.5, 0.6) is 0 Å². The van der Waals surface area contributed by atoms with E-state index in [-0.39, 0.29) is 0 Å². The van der Waals surface area contributed by atoms with Gasteiger partial charge in [-0.25, -0.2) is 0 Å². The van der Waals surface area contributed by atoms with Crippen molar-refractivity contribution < 1.29 is 0 Å². The fourth-order valence-corrected chi connectivity index (χ4v) is 2.88. The lowest BCUT2D eigenvalue weighted by Gasteiger charge is -2.13. The average Bonchev–Trinajstić information content (AvgIpc) is 2.66. The zero-order valence-corrected chi connectivity index (χ0v) is 16.6. The Morgan fingerprint density at radius 1 is 0.519 bits per heavy atom. The van der Waals surface area contributed by atoms with E-state index < -0.39 is 0 Å². The summed E-state index contributed by atoms with van der Waals surface area (Å²) in [5, 5.41) is 14.2. The molecule has 0 unspecified atom stereocenters. The van der Waals surface area contributed by atoms with Gasteiger partial charge in [-0.05, 0) is 85.1 Å². The van der Waals surface area contributed by atoms with Gasteiger partial charge in [0.05, 0.1) is 0 Å². The molecule has 0 fully saturated rings. The third-order valence-electron chi connectivity index (χ3n) is 3.53. The summed E-state index contributed by atoms with van der Waals surface area (Å²) in [5.41, 5.74) is 3.55. The molecule has 4 N–H and O–H groups in total. The molecular weight excluding hydrogens is 396 g/mol. The Balaban J connectivity index is 1.51. The largest absolute Gasteiger partial charge is 0.332 e. The van der Waals surface area contributed by atoms with E-state index in [9.17, 15) is 0 Å². The normalized spacial score (nSPS) is 9.96. The van der Waals surface area contributed by atoms with Gasteiger partial charge < -0.3 is 21.3 Å². The van der Waals surface area contributed by atoms with Crippen molar-refractivity contribution in [2.24, 2.45) is 0 Å². The van der Waals surface area contributed by atoms with E-state index in [2.05, 4.69) is 21.3 Å². The molecule has 0 saturated heterocycles. The minimum atomic E-state index is 0.499. The second-order valence-electron chi connectivity index (χ2n) is 5.61. The average molecular weight is 413 g/mol. The van der Waals surface area contributed by atoms with E-state index in [0.29, 0.717) is 15.2 Å². The van der Waals surface area contributed by atoms with Crippen LogP contribution in [0, 0.1) is 0 Å². The number of hydrogen-bond donors (Lipinski definition) is 4. The number of para-hydroxylation sites is 1. The maximum atomic E-state index is 5.88. The van der Waals surface area contributed by atoms with Crippen LogP contribution in [-0.4, -0.2) is 10.2 Å². The van der Waals surface area contributed by atoms with Crippen LogP contribution < -0.4 is 21.3 Å². The van der Waals surface area contributed by atoms with Crippen LogP contribution in [0.3, 0.4) is 0 Å². The summed E-state index contributed by atoms with van der Waals surface area (Å²) in [4.78, 5) is 0. The number of nitrogens with one attached hydrogen (secondary N) is 4. The molecule has 3 rings (SSSR count). The summed E-state index contributed by atoms with van der Waals surface area (Å²) in [7, 11) is 0. The topological polar surface area (TPSA) is 48.1 Å². The molecule has 0 radical (unpaired) electrons. The van der Waals surface area contributed by atoms with E-state index in [1.165, 1.54) is 0 Å². The fourth-order valence-electron chi connectivity index (χ4n) is 2.28. The molecule has 4 nitrogen and oxygen atoms in total. The summed E-state index contributed by atoms with van der Waals surface area (Å²) >= 11 is 16.5. The third-order valence-corrected chi connectivity index (χ3v) is 4.19. The van der Waals surface area contributed by atoms with Gasteiger partial charge in [0.1, 0.15) is 0 Å². The fraction of sp³-hybridized carbons (Fsp3) is 0. The lowest BCUT2D eigenvalue weighted by Crippen LogP contribution is -2.20. The number of hydrogen-bond acceptors (Lipinski definition) is 2. The van der Waals surface area contributed by atoms with Crippen molar-refractivity contribution >= 4 is 69.0 Å². The van der Waals surface area contributed by atoms with E-state index in [4.69, 9.17) is 36.0 Å². The van der Waals surface area contributed by atoms with Crippen LogP contribution in [-0.2, 0) is 0 Å². The van der Waals surface area contributed by atoms with E-state index >= 15 is 0 Å². The molecule has 0 amide bonds. The summed E-state index contributed by atoms with van der Waals surface area (Å²) in [6, 6.07) is 24.8. The van der Waals surface area contributed by atoms with Gasteiger partial charge in [-0.15, -0.1) is 0 Å². The monoisotopic (exact) mass is 412 g/mol. The van der Waals surface area contributed by atoms with Crippen LogP contribution in [0.1, 0.15) is 0 Å². The first kappa shape index (κ1) is 19.1. The Morgan fingerprint density at radius 3 is 1.26 bits per heavy atom. The number of anilines is 4. The molecule has 0 aromatic heterocycles. The summed E-state index contributed by atoms with van der Waals surface area (Å²) in [6.07, 6.45) is 0. The number of halogens is 1. The van der Waals surface area contributed by atoms with Crippen LogP contribution in [0.25, 0.3) is 0 Å². The minimum absolute atomic E-state index is 0.499. The first-order valence-electron chi connectivity index (χ1n) is 8.15. The predicted molar refractivity (Wildman–Crippen MR) is 124 cm³/mol. The Kier molecular flexibility index (Phi) is 6.59. The van der Waals surface area contributed by atoms with Gasteiger partial charge in [-0.3, -0.25) is 0 Å². The highest BCUT2D eigenvalue weighted by atomic mass is 35.5. The van der Waals surface area contributed by atoms with Crippen molar-refractivity contribution in [1.29, 1.82) is 0 Å². The molecule has 0 heterocycles. The molecule has 0 saturated carbocycles. The smallest absolute Gasteiger partial charge is 0.175 e. The third kappa shape index (κ3) is 6.21. The Bertz CT molecular complexity index is 913. The van der Waals surface area contributed by atoms with Crippen LogP contribution in [0.4, 0.5) is 22.7 Å². The number of rotatable bonds is 4. The molecule has 27 heavy (non-hydrogen) atoms. The molecule has 136 valence electrons. The van der Waals surface area contributed by atoms with Gasteiger partial charge in [-0.1, -0.05) is 29.8 Å². The van der Waals surface area contributed by atoms with Gasteiger partial charge in [0.2, 0.25) is 0 Å². The van der Waals surface area contributed by atoms with E-state index in [1.807, 2.05) is 66.7 Å². The van der Waals surface area contributed by atoms with Crippen LogP contribution >= 0.6 is 36.0 Å². The summed E-state index contributed by atoms with van der Waals surface area (Å²) in [6.45, 7) is 0. The Morgan fingerprint density at radius 2 is 0.852 bits per heavy atom. The summed E-state index contributed by atoms with van der Waals surface area (Å²) in [5.74, 6) is 0. The molecule has 3 aromatic rings. The first-order chi connectivity index (χ1) is 13.1. The molecule has 0 aliphatic carbocycles. The maximum Gasteiger partial charge on any atom is 0.175 e. The molecular formula is C20H17ClN4S2. The molecule has 0 bridgehead atoms. The van der Waals surface area contributed by atoms with Crippen molar-refractivity contribution in [2.45, 2.75) is 0 Å². The quantitative estimate of drug-likeness (QED) is 0.397. The molecule has 0 aliphatic rings. The lowest BCUT2D eigenvalue weighted by molar-refractivity contribution is 1.57. The number of benzene rings is 3. The molecule has 0 aliphatic heterocycles. The van der Waals surface area contributed by atoms with Crippen molar-refractivity contribution in [3.8, 4) is 0 Å². The lowest BCUT2D eigenvalue weighted by atomic mass is 10.3. The predicted octanol–water partition coefficient (Wildman–Crippen LogP) is 5.96.